The van der Waals surface area contributed by atoms with E-state index in [0.717, 1.165) is 16.8 Å². The summed E-state index contributed by atoms with van der Waals surface area (Å²) >= 11 is 0. The highest BCUT2D eigenvalue weighted by Crippen LogP contribution is 2.57. The summed E-state index contributed by atoms with van der Waals surface area (Å²) in [5.41, 5.74) is 0.417. The molecule has 1 aliphatic rings. The lowest BCUT2D eigenvalue weighted by molar-refractivity contribution is -0.0243. The summed E-state index contributed by atoms with van der Waals surface area (Å²) in [7, 11) is 3.33. The van der Waals surface area contributed by atoms with Gasteiger partial charge in [0.15, 0.2) is 11.5 Å². The number of methoxy groups -OCH3 is 2. The molecule has 0 bridgehead atoms. The second kappa shape index (κ2) is 13.6. The third-order valence-electron chi connectivity index (χ3n) is 9.65. The Morgan fingerprint density at radius 1 is 0.820 bits per heavy atom. The number of ether oxygens (including phenoxy) is 2. The van der Waals surface area contributed by atoms with Crippen LogP contribution in [0.25, 0.3) is 0 Å². The Kier molecular flexibility index (Phi) is 9.39. The highest BCUT2D eigenvalue weighted by Gasteiger charge is 2.63. The molecule has 9 nitrogen and oxygen atoms in total. The number of carbonyl (C=O) groups excluding carboxylic acids is 1. The molecule has 1 unspecified atom stereocenters. The highest BCUT2D eigenvalue weighted by molar-refractivity contribution is 6.08. The average Bonchev–Trinajstić information content (AvgIpc) is 3.12. The fourth-order valence-corrected chi connectivity index (χ4v) is 7.96. The Morgan fingerprint density at radius 2 is 1.40 bits per heavy atom. The molecule has 50 heavy (non-hydrogen) atoms. The van der Waals surface area contributed by atoms with Gasteiger partial charge in [-0.3, -0.25) is 4.90 Å². The van der Waals surface area contributed by atoms with E-state index in [9.17, 15) is 0 Å². The van der Waals surface area contributed by atoms with Crippen molar-refractivity contribution in [2.45, 2.75) is 45.4 Å². The Balaban J connectivity index is 1.63. The van der Waals surface area contributed by atoms with Gasteiger partial charge in [-0.15, -0.1) is 0 Å². The van der Waals surface area contributed by atoms with Crippen molar-refractivity contribution in [3.05, 3.63) is 132 Å². The molecular weight excluding hydrogens is 650 g/mol. The number of benzene rings is 4. The van der Waals surface area contributed by atoms with Crippen molar-refractivity contribution in [1.29, 1.82) is 0 Å². The summed E-state index contributed by atoms with van der Waals surface area (Å²) in [4.78, 5) is 27.9. The SMILES string of the molecule is COc1ccc(Nc2ncc3c(n2)N(C(C)(O[SiH3])C(c2ccccc2)(c2ccccc2)C(C)(C)C)C(=O)N(c2ccc(OC)cc2F)C3)cc1. The molecule has 0 spiro atoms. The molecule has 5 aromatic rings. The van der Waals surface area contributed by atoms with Gasteiger partial charge in [-0.1, -0.05) is 81.4 Å². The zero-order valence-corrected chi connectivity index (χ0v) is 31.4. The Morgan fingerprint density at radius 3 is 1.92 bits per heavy atom. The van der Waals surface area contributed by atoms with Crippen molar-refractivity contribution >= 4 is 39.7 Å². The number of nitrogens with one attached hydrogen (secondary N) is 1. The number of aromatic nitrogens is 2. The van der Waals surface area contributed by atoms with Gasteiger partial charge in [0, 0.05) is 23.5 Å². The summed E-state index contributed by atoms with van der Waals surface area (Å²) in [6.45, 7) is 8.43. The van der Waals surface area contributed by atoms with Crippen LogP contribution in [0.3, 0.4) is 0 Å². The van der Waals surface area contributed by atoms with E-state index in [1.165, 1.54) is 18.1 Å². The first-order chi connectivity index (χ1) is 24.0. The zero-order valence-electron chi connectivity index (χ0n) is 29.4. The van der Waals surface area contributed by atoms with Crippen molar-refractivity contribution < 1.29 is 23.1 Å². The Bertz CT molecular complexity index is 1940. The molecule has 1 N–H and O–H groups in total. The maximum atomic E-state index is 15.8. The van der Waals surface area contributed by atoms with Crippen molar-refractivity contribution in [2.75, 3.05) is 29.3 Å². The lowest BCUT2D eigenvalue weighted by Crippen LogP contribution is -2.71. The first kappa shape index (κ1) is 34.6. The summed E-state index contributed by atoms with van der Waals surface area (Å²) in [6.07, 6.45) is 1.68. The summed E-state index contributed by atoms with van der Waals surface area (Å²) in [6, 6.07) is 31.6. The first-order valence-corrected chi connectivity index (χ1v) is 17.2. The van der Waals surface area contributed by atoms with E-state index in [4.69, 9.17) is 18.9 Å². The predicted molar refractivity (Wildman–Crippen MR) is 198 cm³/mol. The van der Waals surface area contributed by atoms with Crippen molar-refractivity contribution in [2.24, 2.45) is 5.41 Å². The van der Waals surface area contributed by atoms with Crippen LogP contribution in [0.1, 0.15) is 44.4 Å². The minimum absolute atomic E-state index is 0.0349. The van der Waals surface area contributed by atoms with Crippen molar-refractivity contribution in [1.82, 2.24) is 9.97 Å². The number of amides is 2. The molecule has 6 rings (SSSR count). The number of fused-ring (bicyclic) bond motifs is 1. The van der Waals surface area contributed by atoms with Gasteiger partial charge in [0.2, 0.25) is 5.95 Å². The van der Waals surface area contributed by atoms with Gasteiger partial charge in [-0.2, -0.15) is 4.98 Å². The van der Waals surface area contributed by atoms with E-state index in [-0.39, 0.29) is 28.7 Å². The number of hydrogen-bond donors (Lipinski definition) is 1. The van der Waals surface area contributed by atoms with Crippen LogP contribution in [0.4, 0.5) is 32.3 Å². The number of halogens is 1. The fourth-order valence-electron chi connectivity index (χ4n) is 7.47. The number of hydrogen-bond acceptors (Lipinski definition) is 7. The predicted octanol–water partition coefficient (Wildman–Crippen LogP) is 7.37. The van der Waals surface area contributed by atoms with Crippen LogP contribution in [0.2, 0.25) is 0 Å². The third kappa shape index (κ3) is 5.75. The second-order valence-corrected chi connectivity index (χ2v) is 13.7. The van der Waals surface area contributed by atoms with Crippen LogP contribution in [-0.4, -0.2) is 46.4 Å². The summed E-state index contributed by atoms with van der Waals surface area (Å²) < 4.78 is 33.3. The highest BCUT2D eigenvalue weighted by atomic mass is 28.2. The van der Waals surface area contributed by atoms with Crippen LogP contribution in [0.5, 0.6) is 11.5 Å². The van der Waals surface area contributed by atoms with E-state index in [1.807, 2.05) is 67.6 Å². The molecule has 4 aromatic carbocycles. The van der Waals surface area contributed by atoms with Crippen LogP contribution < -0.4 is 24.6 Å². The molecule has 0 saturated carbocycles. The quantitative estimate of drug-likeness (QED) is 0.153. The third-order valence-corrected chi connectivity index (χ3v) is 10.4. The molecule has 11 heteroatoms. The van der Waals surface area contributed by atoms with Gasteiger partial charge in [-0.05, 0) is 59.9 Å². The molecule has 1 aliphatic heterocycles. The molecule has 258 valence electrons. The number of carbonyl (C=O) groups is 1. The first-order valence-electron chi connectivity index (χ1n) is 16.4. The van der Waals surface area contributed by atoms with Crippen LogP contribution in [0.15, 0.2) is 109 Å². The van der Waals surface area contributed by atoms with E-state index in [1.54, 1.807) is 30.3 Å². The fraction of sp³-hybridized carbons (Fsp3) is 0.256. The number of rotatable bonds is 10. The monoisotopic (exact) mass is 691 g/mol. The van der Waals surface area contributed by atoms with Gasteiger partial charge in [-0.25, -0.2) is 19.1 Å². The Labute approximate surface area is 295 Å². The largest absolute Gasteiger partial charge is 0.497 e. The summed E-state index contributed by atoms with van der Waals surface area (Å²) in [5, 5.41) is 3.27. The van der Waals surface area contributed by atoms with E-state index < -0.39 is 28.4 Å². The van der Waals surface area contributed by atoms with Crippen molar-refractivity contribution in [3.8, 4) is 11.5 Å². The smallest absolute Gasteiger partial charge is 0.332 e. The molecule has 0 aliphatic carbocycles. The number of urea groups is 1. The van der Waals surface area contributed by atoms with Gasteiger partial charge < -0.3 is 19.2 Å². The minimum Gasteiger partial charge on any atom is -0.497 e. The van der Waals surface area contributed by atoms with Gasteiger partial charge in [0.25, 0.3) is 0 Å². The molecule has 0 fully saturated rings. The van der Waals surface area contributed by atoms with Crippen LogP contribution >= 0.6 is 0 Å². The number of nitrogens with zero attached hydrogens (tertiary/aromatic N) is 4. The van der Waals surface area contributed by atoms with Gasteiger partial charge >= 0.3 is 6.03 Å². The Hall–Kier alpha value is -5.26. The normalized spacial score (nSPS) is 14.6. The lowest BCUT2D eigenvalue weighted by atomic mass is 9.53. The van der Waals surface area contributed by atoms with Crippen LogP contribution in [-0.2, 0) is 16.4 Å². The maximum absolute atomic E-state index is 15.8. The molecule has 2 amide bonds. The second-order valence-electron chi connectivity index (χ2n) is 13.3. The molecule has 0 radical (unpaired) electrons. The lowest BCUT2D eigenvalue weighted by Gasteiger charge is -2.60. The van der Waals surface area contributed by atoms with E-state index in [0.29, 0.717) is 22.9 Å². The minimum atomic E-state index is -1.40. The van der Waals surface area contributed by atoms with Crippen molar-refractivity contribution in [3.63, 3.8) is 0 Å². The summed E-state index contributed by atoms with van der Waals surface area (Å²) in [5.74, 6) is 1.11. The average molecular weight is 692 g/mol. The number of anilines is 4. The standard InChI is InChI=1S/C39H42FN5O4Si/c1-37(2,3)39(27-13-9-7-10-14-27,28-15-11-8-12-16-28)38(4,49-50)45-34-26(24-41-35(43-34)42-29-17-19-30(47-5)20-18-29)25-44(36(45)46)33-22-21-31(48-6)23-32(33)40/h7-24H,25H2,1-6,50H3,(H,41,42,43). The van der Waals surface area contributed by atoms with E-state index in [2.05, 4.69) is 55.3 Å². The molecule has 0 saturated heterocycles. The molecule has 1 atom stereocenters. The topological polar surface area (TPSA) is 89.1 Å². The van der Waals surface area contributed by atoms with Gasteiger partial charge in [0.1, 0.15) is 27.8 Å². The maximum Gasteiger partial charge on any atom is 0.332 e. The van der Waals surface area contributed by atoms with E-state index >= 15 is 9.18 Å². The zero-order chi connectivity index (χ0) is 35.7. The van der Waals surface area contributed by atoms with Gasteiger partial charge in [0.05, 0.1) is 31.9 Å². The van der Waals surface area contributed by atoms with Crippen LogP contribution in [0, 0.1) is 11.2 Å². The molecule has 1 aromatic heterocycles. The molecular formula is C39H42FN5O4Si. The molecule has 2 heterocycles.